The maximum absolute atomic E-state index is 5.84. The fraction of sp³-hybridized carbons (Fsp3) is 0.667. The number of ether oxygens (including phenoxy) is 1. The summed E-state index contributed by atoms with van der Waals surface area (Å²) in [5.41, 5.74) is 2.71. The smallest absolute Gasteiger partial charge is 0.0678 e. The molecule has 1 saturated heterocycles. The second kappa shape index (κ2) is 7.92. The number of morpholine rings is 1. The first kappa shape index (κ1) is 16.5. The van der Waals surface area contributed by atoms with E-state index < -0.39 is 0 Å². The molecule has 118 valence electrons. The molecular weight excluding hydrogens is 260 g/mol. The number of benzene rings is 1. The number of nitrogens with zero attached hydrogens (tertiary/aromatic N) is 1. The molecule has 1 aromatic rings. The van der Waals surface area contributed by atoms with Crippen molar-refractivity contribution in [2.75, 3.05) is 26.2 Å². The lowest BCUT2D eigenvalue weighted by Crippen LogP contribution is -2.48. The lowest BCUT2D eigenvalue weighted by Gasteiger charge is -2.37. The molecule has 21 heavy (non-hydrogen) atoms. The summed E-state index contributed by atoms with van der Waals surface area (Å²) in [7, 11) is 0. The number of nitrogens with one attached hydrogen (secondary N) is 1. The van der Waals surface area contributed by atoms with Gasteiger partial charge in [-0.3, -0.25) is 4.90 Å². The second-order valence-electron chi connectivity index (χ2n) is 6.39. The van der Waals surface area contributed by atoms with Crippen LogP contribution >= 0.6 is 0 Å². The molecule has 0 bridgehead atoms. The third kappa shape index (κ3) is 5.10. The summed E-state index contributed by atoms with van der Waals surface area (Å²) < 4.78 is 5.84. The molecule has 0 spiro atoms. The Morgan fingerprint density at radius 3 is 2.38 bits per heavy atom. The van der Waals surface area contributed by atoms with Crippen molar-refractivity contribution in [1.29, 1.82) is 0 Å². The number of hydrogen-bond donors (Lipinski definition) is 1. The van der Waals surface area contributed by atoms with E-state index in [0.717, 1.165) is 32.6 Å². The predicted octanol–water partition coefficient (Wildman–Crippen LogP) is 3.14. The van der Waals surface area contributed by atoms with Gasteiger partial charge in [0.2, 0.25) is 0 Å². The van der Waals surface area contributed by atoms with E-state index in [1.807, 2.05) is 0 Å². The zero-order chi connectivity index (χ0) is 15.2. The van der Waals surface area contributed by atoms with Crippen molar-refractivity contribution < 1.29 is 4.74 Å². The molecule has 3 atom stereocenters. The van der Waals surface area contributed by atoms with E-state index in [1.54, 1.807) is 0 Å². The minimum Gasteiger partial charge on any atom is -0.373 e. The van der Waals surface area contributed by atoms with Gasteiger partial charge in [0.1, 0.15) is 0 Å². The van der Waals surface area contributed by atoms with Crippen LogP contribution in [0.25, 0.3) is 0 Å². The Morgan fingerprint density at radius 2 is 1.81 bits per heavy atom. The van der Waals surface area contributed by atoms with Crippen molar-refractivity contribution in [3.05, 3.63) is 35.4 Å². The van der Waals surface area contributed by atoms with Crippen molar-refractivity contribution in [1.82, 2.24) is 10.2 Å². The van der Waals surface area contributed by atoms with Gasteiger partial charge in [0, 0.05) is 25.7 Å². The van der Waals surface area contributed by atoms with Crippen molar-refractivity contribution in [2.24, 2.45) is 0 Å². The van der Waals surface area contributed by atoms with E-state index in [0.29, 0.717) is 18.2 Å². The summed E-state index contributed by atoms with van der Waals surface area (Å²) in [4.78, 5) is 2.53. The molecule has 0 saturated carbocycles. The molecule has 0 radical (unpaired) electrons. The maximum Gasteiger partial charge on any atom is 0.0678 e. The van der Waals surface area contributed by atoms with Crippen LogP contribution in [0.5, 0.6) is 0 Å². The van der Waals surface area contributed by atoms with Crippen molar-refractivity contribution in [3.63, 3.8) is 0 Å². The van der Waals surface area contributed by atoms with Crippen LogP contribution in [0.15, 0.2) is 24.3 Å². The van der Waals surface area contributed by atoms with Crippen LogP contribution in [-0.2, 0) is 4.74 Å². The summed E-state index contributed by atoms with van der Waals surface area (Å²) >= 11 is 0. The van der Waals surface area contributed by atoms with Crippen molar-refractivity contribution in [2.45, 2.75) is 52.4 Å². The van der Waals surface area contributed by atoms with E-state index in [9.17, 15) is 0 Å². The van der Waals surface area contributed by atoms with Gasteiger partial charge in [-0.15, -0.1) is 0 Å². The van der Waals surface area contributed by atoms with Gasteiger partial charge < -0.3 is 10.1 Å². The van der Waals surface area contributed by atoms with Crippen LogP contribution in [0.1, 0.15) is 44.4 Å². The summed E-state index contributed by atoms with van der Waals surface area (Å²) in [5, 5.41) is 3.70. The lowest BCUT2D eigenvalue weighted by atomic mass is 10.0. The van der Waals surface area contributed by atoms with Crippen molar-refractivity contribution in [3.8, 4) is 0 Å². The quantitative estimate of drug-likeness (QED) is 0.871. The Hall–Kier alpha value is -0.900. The van der Waals surface area contributed by atoms with Gasteiger partial charge in [0.05, 0.1) is 12.2 Å². The molecule has 1 aromatic carbocycles. The highest BCUT2D eigenvalue weighted by molar-refractivity contribution is 5.24. The Bertz CT molecular complexity index is 408. The van der Waals surface area contributed by atoms with Crippen LogP contribution in [0.2, 0.25) is 0 Å². The summed E-state index contributed by atoms with van der Waals surface area (Å²) in [6.07, 6.45) is 1.83. The second-order valence-corrected chi connectivity index (χ2v) is 6.39. The van der Waals surface area contributed by atoms with Crippen LogP contribution < -0.4 is 5.32 Å². The minimum absolute atomic E-state index is 0.332. The Morgan fingerprint density at radius 1 is 1.19 bits per heavy atom. The van der Waals surface area contributed by atoms with Crippen molar-refractivity contribution >= 4 is 0 Å². The monoisotopic (exact) mass is 290 g/mol. The minimum atomic E-state index is 0.332. The highest BCUT2D eigenvalue weighted by atomic mass is 16.5. The number of aryl methyl sites for hydroxylation is 1. The number of hydrogen-bond acceptors (Lipinski definition) is 3. The Balaban J connectivity index is 2.03. The van der Waals surface area contributed by atoms with Gasteiger partial charge in [-0.1, -0.05) is 36.8 Å². The van der Waals surface area contributed by atoms with Gasteiger partial charge in [0.25, 0.3) is 0 Å². The molecule has 1 unspecified atom stereocenters. The van der Waals surface area contributed by atoms with Gasteiger partial charge in [-0.05, 0) is 39.3 Å². The fourth-order valence-corrected chi connectivity index (χ4v) is 3.10. The van der Waals surface area contributed by atoms with Gasteiger partial charge in [0.15, 0.2) is 0 Å². The molecular formula is C18H30N2O. The van der Waals surface area contributed by atoms with E-state index in [2.05, 4.69) is 62.2 Å². The molecule has 1 heterocycles. The lowest BCUT2D eigenvalue weighted by molar-refractivity contribution is -0.0699. The summed E-state index contributed by atoms with van der Waals surface area (Å²) in [6, 6.07) is 9.34. The Labute approximate surface area is 129 Å². The molecule has 0 aromatic heterocycles. The number of rotatable bonds is 6. The standard InChI is InChI=1S/C18H30N2O/c1-5-10-19-18(17-8-6-14(2)7-9-17)13-20-11-15(3)21-16(4)12-20/h6-9,15-16,18-19H,5,10-13H2,1-4H3/t15-,16+,18?. The zero-order valence-electron chi connectivity index (χ0n) is 13.9. The molecule has 2 rings (SSSR count). The third-order valence-corrected chi connectivity index (χ3v) is 4.06. The molecule has 0 amide bonds. The predicted molar refractivity (Wildman–Crippen MR) is 88.7 cm³/mol. The maximum atomic E-state index is 5.84. The molecule has 3 nitrogen and oxygen atoms in total. The van der Waals surface area contributed by atoms with Crippen LogP contribution in [0.4, 0.5) is 0 Å². The summed E-state index contributed by atoms with van der Waals surface area (Å²) in [6.45, 7) is 12.9. The first-order valence-corrected chi connectivity index (χ1v) is 8.26. The van der Waals surface area contributed by atoms with E-state index in [-0.39, 0.29) is 0 Å². The third-order valence-electron chi connectivity index (χ3n) is 4.06. The average Bonchev–Trinajstić information content (AvgIpc) is 2.43. The molecule has 1 aliphatic heterocycles. The summed E-state index contributed by atoms with van der Waals surface area (Å²) in [5.74, 6) is 0. The van der Waals surface area contributed by atoms with Gasteiger partial charge in [-0.2, -0.15) is 0 Å². The van der Waals surface area contributed by atoms with Crippen LogP contribution in [0, 0.1) is 6.92 Å². The fourth-order valence-electron chi connectivity index (χ4n) is 3.10. The van der Waals surface area contributed by atoms with E-state index in [4.69, 9.17) is 4.74 Å². The molecule has 0 aliphatic carbocycles. The molecule has 1 aliphatic rings. The normalized spacial score (nSPS) is 25.0. The first-order chi connectivity index (χ1) is 10.1. The highest BCUT2D eigenvalue weighted by Crippen LogP contribution is 2.19. The first-order valence-electron chi connectivity index (χ1n) is 8.26. The molecule has 1 fully saturated rings. The largest absolute Gasteiger partial charge is 0.373 e. The highest BCUT2D eigenvalue weighted by Gasteiger charge is 2.24. The molecule has 3 heteroatoms. The average molecular weight is 290 g/mol. The van der Waals surface area contributed by atoms with Gasteiger partial charge in [-0.25, -0.2) is 0 Å². The topological polar surface area (TPSA) is 24.5 Å². The van der Waals surface area contributed by atoms with E-state index >= 15 is 0 Å². The van der Waals surface area contributed by atoms with Gasteiger partial charge >= 0.3 is 0 Å². The van der Waals surface area contributed by atoms with E-state index in [1.165, 1.54) is 11.1 Å². The SMILES string of the molecule is CCCNC(CN1C[C@@H](C)O[C@@H](C)C1)c1ccc(C)cc1. The van der Waals surface area contributed by atoms with Crippen LogP contribution in [0.3, 0.4) is 0 Å². The van der Waals surface area contributed by atoms with Crippen LogP contribution in [-0.4, -0.2) is 43.3 Å². The Kier molecular flexibility index (Phi) is 6.22. The molecule has 1 N–H and O–H groups in total. The zero-order valence-corrected chi connectivity index (χ0v) is 13.9.